The number of anilines is 2. The molecule has 0 spiro atoms. The average molecular weight is 562 g/mol. The number of aryl methyl sites for hydroxylation is 1. The van der Waals surface area contributed by atoms with Crippen molar-refractivity contribution in [1.29, 1.82) is 0 Å². The molecule has 2 fully saturated rings. The summed E-state index contributed by atoms with van der Waals surface area (Å²) >= 11 is 0. The standard InChI is InChI=1S/C32H40FN5O3/c1-21-9-7-13-26(22(21)2)28-18-30(41-32(39)35-24-11-5-4-6-12-24)37-31(36-28)34-25-14-15-29(27(33)17-25)40-20-23-10-8-16-38(3)19-23/h7,9,13-15,17-18,23-24H,4-6,8,10-12,16,19-20H2,1-3H3,(H,35,39)(H,34,36,37). The van der Waals surface area contributed by atoms with Crippen LogP contribution < -0.4 is 20.1 Å². The first-order valence-corrected chi connectivity index (χ1v) is 14.7. The Kier molecular flexibility index (Phi) is 9.34. The number of benzene rings is 2. The third-order valence-electron chi connectivity index (χ3n) is 8.09. The van der Waals surface area contributed by atoms with E-state index >= 15 is 4.39 Å². The Morgan fingerprint density at radius 2 is 1.88 bits per heavy atom. The van der Waals surface area contributed by atoms with E-state index in [2.05, 4.69) is 32.5 Å². The highest BCUT2D eigenvalue weighted by atomic mass is 19.1. The number of hydrogen-bond donors (Lipinski definition) is 2. The zero-order valence-corrected chi connectivity index (χ0v) is 24.2. The lowest BCUT2D eigenvalue weighted by atomic mass is 9.96. The minimum Gasteiger partial charge on any atom is -0.490 e. The lowest BCUT2D eigenvalue weighted by molar-refractivity contribution is 0.147. The van der Waals surface area contributed by atoms with Crippen LogP contribution in [0.2, 0.25) is 0 Å². The molecule has 2 aromatic carbocycles. The molecular weight excluding hydrogens is 521 g/mol. The Hall–Kier alpha value is -3.72. The Labute approximate surface area is 241 Å². The van der Waals surface area contributed by atoms with Gasteiger partial charge in [0.1, 0.15) is 0 Å². The minimum absolute atomic E-state index is 0.108. The van der Waals surface area contributed by atoms with E-state index in [9.17, 15) is 4.79 Å². The first-order chi connectivity index (χ1) is 19.8. The first-order valence-electron chi connectivity index (χ1n) is 14.7. The monoisotopic (exact) mass is 561 g/mol. The number of amides is 1. The van der Waals surface area contributed by atoms with Crippen LogP contribution in [0, 0.1) is 25.6 Å². The molecule has 1 aliphatic carbocycles. The van der Waals surface area contributed by atoms with Crippen LogP contribution in [0.1, 0.15) is 56.1 Å². The summed E-state index contributed by atoms with van der Waals surface area (Å²) in [5.74, 6) is 0.457. The second-order valence-corrected chi connectivity index (χ2v) is 11.4. The van der Waals surface area contributed by atoms with Crippen molar-refractivity contribution in [2.24, 2.45) is 5.92 Å². The van der Waals surface area contributed by atoms with Crippen LogP contribution in [0.15, 0.2) is 42.5 Å². The van der Waals surface area contributed by atoms with Crippen molar-refractivity contribution in [2.75, 3.05) is 32.1 Å². The number of carbonyl (C=O) groups is 1. The Balaban J connectivity index is 1.33. The quantitative estimate of drug-likeness (QED) is 0.313. The fraction of sp³-hybridized carbons (Fsp3) is 0.469. The van der Waals surface area contributed by atoms with Gasteiger partial charge in [0.05, 0.1) is 12.3 Å². The van der Waals surface area contributed by atoms with E-state index < -0.39 is 11.9 Å². The number of rotatable bonds is 8. The van der Waals surface area contributed by atoms with Crippen molar-refractivity contribution in [3.8, 4) is 22.9 Å². The predicted octanol–water partition coefficient (Wildman–Crippen LogP) is 6.78. The third kappa shape index (κ3) is 7.73. The molecule has 1 aromatic heterocycles. The summed E-state index contributed by atoms with van der Waals surface area (Å²) in [6.45, 7) is 6.59. The van der Waals surface area contributed by atoms with Gasteiger partial charge in [-0.25, -0.2) is 14.2 Å². The SMILES string of the molecule is Cc1cccc(-c2cc(OC(=O)NC3CCCCC3)nc(Nc3ccc(OCC4CCCN(C)C4)c(F)c3)n2)c1C. The summed E-state index contributed by atoms with van der Waals surface area (Å²) in [6, 6.07) is 12.5. The van der Waals surface area contributed by atoms with Gasteiger partial charge >= 0.3 is 6.09 Å². The lowest BCUT2D eigenvalue weighted by Gasteiger charge is -2.29. The average Bonchev–Trinajstić information content (AvgIpc) is 2.94. The van der Waals surface area contributed by atoms with Crippen LogP contribution in [0.5, 0.6) is 11.6 Å². The molecule has 1 saturated heterocycles. The number of likely N-dealkylation sites (tertiary alicyclic amines) is 1. The summed E-state index contributed by atoms with van der Waals surface area (Å²) < 4.78 is 26.5. The molecule has 3 aromatic rings. The second kappa shape index (κ2) is 13.3. The molecule has 1 amide bonds. The molecule has 1 aliphatic heterocycles. The van der Waals surface area contributed by atoms with Crippen molar-refractivity contribution in [3.05, 3.63) is 59.4 Å². The number of nitrogens with one attached hydrogen (secondary N) is 2. The van der Waals surface area contributed by atoms with Crippen LogP contribution in [-0.2, 0) is 0 Å². The summed E-state index contributed by atoms with van der Waals surface area (Å²) in [4.78, 5) is 24.1. The molecule has 2 heterocycles. The van der Waals surface area contributed by atoms with Crippen molar-refractivity contribution in [3.63, 3.8) is 0 Å². The van der Waals surface area contributed by atoms with E-state index in [1.807, 2.05) is 32.0 Å². The summed E-state index contributed by atoms with van der Waals surface area (Å²) in [5.41, 5.74) is 4.14. The number of hydrogen-bond acceptors (Lipinski definition) is 7. The van der Waals surface area contributed by atoms with Gasteiger partial charge in [-0.05, 0) is 76.4 Å². The molecule has 8 nitrogen and oxygen atoms in total. The normalized spacial score (nSPS) is 18.1. The molecule has 218 valence electrons. The van der Waals surface area contributed by atoms with Gasteiger partial charge in [0.25, 0.3) is 0 Å². The van der Waals surface area contributed by atoms with Crippen LogP contribution in [0.4, 0.5) is 20.8 Å². The summed E-state index contributed by atoms with van der Waals surface area (Å²) in [6.07, 6.45) is 6.96. The maximum absolute atomic E-state index is 15.0. The van der Waals surface area contributed by atoms with Gasteiger partial charge in [-0.3, -0.25) is 0 Å². The molecule has 0 bridgehead atoms. The van der Waals surface area contributed by atoms with Crippen LogP contribution in [-0.4, -0.2) is 53.7 Å². The molecule has 41 heavy (non-hydrogen) atoms. The van der Waals surface area contributed by atoms with Crippen LogP contribution in [0.25, 0.3) is 11.3 Å². The zero-order valence-electron chi connectivity index (χ0n) is 24.2. The van der Waals surface area contributed by atoms with Crippen molar-refractivity contribution >= 4 is 17.7 Å². The molecule has 1 atom stereocenters. The molecule has 2 N–H and O–H groups in total. The zero-order chi connectivity index (χ0) is 28.8. The van der Waals surface area contributed by atoms with Crippen LogP contribution in [0.3, 0.4) is 0 Å². The fourth-order valence-corrected chi connectivity index (χ4v) is 5.68. The van der Waals surface area contributed by atoms with Crippen molar-refractivity contribution in [2.45, 2.75) is 64.8 Å². The fourth-order valence-electron chi connectivity index (χ4n) is 5.68. The topological polar surface area (TPSA) is 88.6 Å². The predicted molar refractivity (Wildman–Crippen MR) is 158 cm³/mol. The molecule has 0 radical (unpaired) electrons. The summed E-state index contributed by atoms with van der Waals surface area (Å²) in [5, 5.41) is 6.05. The molecular formula is C32H40FN5O3. The van der Waals surface area contributed by atoms with Gasteiger partial charge in [0, 0.05) is 41.9 Å². The highest BCUT2D eigenvalue weighted by Crippen LogP contribution is 2.30. The summed E-state index contributed by atoms with van der Waals surface area (Å²) in [7, 11) is 2.10. The number of nitrogens with zero attached hydrogens (tertiary/aromatic N) is 3. The molecule has 9 heteroatoms. The Morgan fingerprint density at radius 1 is 1.05 bits per heavy atom. The maximum Gasteiger partial charge on any atom is 0.414 e. The first kappa shape index (κ1) is 28.8. The van der Waals surface area contributed by atoms with Gasteiger partial charge in [-0.2, -0.15) is 4.98 Å². The molecule has 2 aliphatic rings. The van der Waals surface area contributed by atoms with Gasteiger partial charge in [-0.15, -0.1) is 0 Å². The smallest absolute Gasteiger partial charge is 0.414 e. The van der Waals surface area contributed by atoms with Crippen molar-refractivity contribution in [1.82, 2.24) is 20.2 Å². The lowest BCUT2D eigenvalue weighted by Crippen LogP contribution is -2.38. The van der Waals surface area contributed by atoms with E-state index in [0.717, 1.165) is 68.3 Å². The molecule has 1 unspecified atom stereocenters. The van der Waals surface area contributed by atoms with Gasteiger partial charge in [-0.1, -0.05) is 37.5 Å². The molecule has 1 saturated carbocycles. The van der Waals surface area contributed by atoms with E-state index in [-0.39, 0.29) is 23.6 Å². The number of carbonyl (C=O) groups excluding carboxylic acids is 1. The number of piperidine rings is 1. The van der Waals surface area contributed by atoms with Gasteiger partial charge in [0.2, 0.25) is 11.8 Å². The van der Waals surface area contributed by atoms with Crippen molar-refractivity contribution < 1.29 is 18.7 Å². The van der Waals surface area contributed by atoms with E-state index in [1.54, 1.807) is 18.2 Å². The number of ether oxygens (including phenoxy) is 2. The largest absolute Gasteiger partial charge is 0.490 e. The minimum atomic E-state index is -0.537. The second-order valence-electron chi connectivity index (χ2n) is 11.4. The van der Waals surface area contributed by atoms with Gasteiger partial charge in [0.15, 0.2) is 11.6 Å². The van der Waals surface area contributed by atoms with E-state index in [1.165, 1.54) is 12.5 Å². The van der Waals surface area contributed by atoms with Gasteiger partial charge < -0.3 is 25.0 Å². The number of aromatic nitrogens is 2. The van der Waals surface area contributed by atoms with Crippen LogP contribution >= 0.6 is 0 Å². The maximum atomic E-state index is 15.0. The van der Waals surface area contributed by atoms with E-state index in [4.69, 9.17) is 9.47 Å². The third-order valence-corrected chi connectivity index (χ3v) is 8.09. The molecule has 5 rings (SSSR count). The Morgan fingerprint density at radius 3 is 2.66 bits per heavy atom. The highest BCUT2D eigenvalue weighted by Gasteiger charge is 2.20. The Bertz CT molecular complexity index is 1360. The number of halogens is 1. The van der Waals surface area contributed by atoms with E-state index in [0.29, 0.717) is 23.9 Å². The highest BCUT2D eigenvalue weighted by molar-refractivity contribution is 5.72.